The SMILES string of the molecule is COC(=O)C1CN(CCSc2cccs2)CCC1CCCn1c(=O)ccc2ccc(C)cc21.Cc1ccc2c(c1)CC(=O)C=C2. The van der Waals surface area contributed by atoms with E-state index in [0.29, 0.717) is 18.9 Å². The fourth-order valence-corrected chi connectivity index (χ4v) is 8.14. The maximum atomic E-state index is 12.6. The Bertz CT molecular complexity index is 1710. The fraction of sp³-hybridized carbons (Fsp3) is 0.378. The Balaban J connectivity index is 0.000000277. The summed E-state index contributed by atoms with van der Waals surface area (Å²) in [4.78, 5) is 38.6. The van der Waals surface area contributed by atoms with Crippen LogP contribution in [0.3, 0.4) is 0 Å². The highest BCUT2D eigenvalue weighted by atomic mass is 32.2. The molecule has 6 nitrogen and oxygen atoms in total. The van der Waals surface area contributed by atoms with Gasteiger partial charge in [0, 0.05) is 37.9 Å². The van der Waals surface area contributed by atoms with Gasteiger partial charge >= 0.3 is 5.97 Å². The van der Waals surface area contributed by atoms with Crippen LogP contribution in [-0.2, 0) is 27.3 Å². The van der Waals surface area contributed by atoms with Crippen molar-refractivity contribution in [1.29, 1.82) is 0 Å². The molecule has 2 aromatic heterocycles. The summed E-state index contributed by atoms with van der Waals surface area (Å²) in [6.07, 6.45) is 6.89. The quantitative estimate of drug-likeness (QED) is 0.142. The molecule has 1 fully saturated rings. The molecule has 236 valence electrons. The Hall–Kier alpha value is -3.46. The van der Waals surface area contributed by atoms with Gasteiger partial charge in [-0.25, -0.2) is 0 Å². The van der Waals surface area contributed by atoms with E-state index in [1.165, 1.54) is 22.4 Å². The third-order valence-electron chi connectivity index (χ3n) is 8.71. The maximum Gasteiger partial charge on any atom is 0.310 e. The van der Waals surface area contributed by atoms with E-state index in [2.05, 4.69) is 65.7 Å². The van der Waals surface area contributed by atoms with Gasteiger partial charge in [0.2, 0.25) is 0 Å². The predicted octanol–water partition coefficient (Wildman–Crippen LogP) is 7.19. The molecule has 0 spiro atoms. The minimum absolute atomic E-state index is 0.0377. The number of nitrogens with zero attached hydrogens (tertiary/aromatic N) is 2. The number of esters is 1. The number of methoxy groups -OCH3 is 1. The van der Waals surface area contributed by atoms with Gasteiger partial charge in [0.1, 0.15) is 0 Å². The summed E-state index contributed by atoms with van der Waals surface area (Å²) < 4.78 is 8.38. The molecule has 45 heavy (non-hydrogen) atoms. The number of ketones is 1. The summed E-state index contributed by atoms with van der Waals surface area (Å²) in [7, 11) is 1.49. The Morgan fingerprint density at radius 1 is 1.00 bits per heavy atom. The van der Waals surface area contributed by atoms with Crippen LogP contribution in [-0.4, -0.2) is 53.7 Å². The number of fused-ring (bicyclic) bond motifs is 2. The maximum absolute atomic E-state index is 12.6. The molecular formula is C37H42N2O4S2. The second-order valence-electron chi connectivity index (χ2n) is 12.0. The number of aromatic nitrogens is 1. The monoisotopic (exact) mass is 642 g/mol. The van der Waals surface area contributed by atoms with E-state index in [1.807, 2.05) is 35.4 Å². The molecule has 0 saturated carbocycles. The first kappa shape index (κ1) is 32.9. The van der Waals surface area contributed by atoms with Crippen molar-refractivity contribution in [1.82, 2.24) is 9.47 Å². The van der Waals surface area contributed by atoms with Crippen molar-refractivity contribution in [2.24, 2.45) is 11.8 Å². The number of likely N-dealkylation sites (tertiary alicyclic amines) is 1. The van der Waals surface area contributed by atoms with Crippen molar-refractivity contribution in [2.75, 3.05) is 32.5 Å². The van der Waals surface area contributed by atoms with Crippen molar-refractivity contribution in [2.45, 2.75) is 50.3 Å². The van der Waals surface area contributed by atoms with Gasteiger partial charge in [-0.3, -0.25) is 14.4 Å². The number of benzene rings is 2. The number of thiophene rings is 1. The van der Waals surface area contributed by atoms with Crippen LogP contribution in [0, 0.1) is 25.7 Å². The zero-order chi connectivity index (χ0) is 31.8. The van der Waals surface area contributed by atoms with Gasteiger partial charge in [-0.1, -0.05) is 48.0 Å². The van der Waals surface area contributed by atoms with Crippen LogP contribution in [0.5, 0.6) is 0 Å². The van der Waals surface area contributed by atoms with Gasteiger partial charge in [0.05, 0.1) is 22.8 Å². The highest BCUT2D eigenvalue weighted by molar-refractivity contribution is 8.01. The number of piperidine rings is 1. The summed E-state index contributed by atoms with van der Waals surface area (Å²) in [6.45, 7) is 7.52. The zero-order valence-electron chi connectivity index (χ0n) is 26.4. The summed E-state index contributed by atoms with van der Waals surface area (Å²) in [6, 6.07) is 20.2. The summed E-state index contributed by atoms with van der Waals surface area (Å²) in [5, 5.41) is 3.19. The standard InChI is InChI=1S/C26H32N2O3S2.C11H10O/c1-19-7-8-21-9-10-24(29)28(23(21)17-19)12-3-5-20-11-13-27(18-22(20)26(30)31-2)14-16-33-25-6-4-15-32-25;1-8-2-3-9-4-5-11(12)7-10(9)6-8/h4,6-10,15,17,20,22H,3,5,11-14,16,18H2,1-2H3;2-6H,7H2,1H3. The van der Waals surface area contributed by atoms with Gasteiger partial charge in [-0.15, -0.1) is 23.1 Å². The average Bonchev–Trinajstić information content (AvgIpc) is 3.56. The number of rotatable bonds is 9. The van der Waals surface area contributed by atoms with Gasteiger partial charge in [0.15, 0.2) is 5.78 Å². The molecule has 0 bridgehead atoms. The van der Waals surface area contributed by atoms with Crippen LogP contribution >= 0.6 is 23.1 Å². The fourth-order valence-electron chi connectivity index (χ4n) is 6.28. The number of thioether (sulfide) groups is 1. The Labute approximate surface area is 274 Å². The molecule has 2 aromatic carbocycles. The van der Waals surface area contributed by atoms with E-state index >= 15 is 0 Å². The van der Waals surface area contributed by atoms with Crippen molar-refractivity contribution < 1.29 is 14.3 Å². The number of carbonyl (C=O) groups excluding carboxylic acids is 2. The van der Waals surface area contributed by atoms with E-state index in [-0.39, 0.29) is 23.2 Å². The molecule has 0 N–H and O–H groups in total. The Morgan fingerprint density at radius 2 is 1.80 bits per heavy atom. The first-order valence-corrected chi connectivity index (χ1v) is 17.5. The number of pyridine rings is 1. The van der Waals surface area contributed by atoms with Gasteiger partial charge in [0.25, 0.3) is 5.56 Å². The molecule has 3 heterocycles. The lowest BCUT2D eigenvalue weighted by atomic mass is 9.82. The lowest BCUT2D eigenvalue weighted by molar-refractivity contribution is -0.150. The van der Waals surface area contributed by atoms with Crippen LogP contribution < -0.4 is 5.56 Å². The summed E-state index contributed by atoms with van der Waals surface area (Å²) in [5.74, 6) is 1.33. The first-order chi connectivity index (χ1) is 21.8. The average molecular weight is 643 g/mol. The van der Waals surface area contributed by atoms with Gasteiger partial charge in [-0.2, -0.15) is 0 Å². The molecule has 0 amide bonds. The van der Waals surface area contributed by atoms with E-state index < -0.39 is 0 Å². The van der Waals surface area contributed by atoms with E-state index in [4.69, 9.17) is 4.74 Å². The minimum Gasteiger partial charge on any atom is -0.469 e. The lowest BCUT2D eigenvalue weighted by Gasteiger charge is -2.37. The highest BCUT2D eigenvalue weighted by Crippen LogP contribution is 2.30. The van der Waals surface area contributed by atoms with Crippen LogP contribution in [0.1, 0.15) is 41.5 Å². The van der Waals surface area contributed by atoms with E-state index in [1.54, 1.807) is 23.5 Å². The molecule has 2 aliphatic rings. The molecule has 2 atom stereocenters. The second-order valence-corrected chi connectivity index (χ2v) is 14.3. The molecule has 2 unspecified atom stereocenters. The van der Waals surface area contributed by atoms with Crippen molar-refractivity contribution in [3.63, 3.8) is 0 Å². The molecular weight excluding hydrogens is 601 g/mol. The zero-order valence-corrected chi connectivity index (χ0v) is 28.0. The molecule has 6 rings (SSSR count). The van der Waals surface area contributed by atoms with Crippen LogP contribution in [0.2, 0.25) is 0 Å². The predicted molar refractivity (Wildman–Crippen MR) is 186 cm³/mol. The minimum atomic E-state index is -0.103. The second kappa shape index (κ2) is 15.7. The molecule has 8 heteroatoms. The number of hydrogen-bond acceptors (Lipinski definition) is 7. The number of aryl methyl sites for hydroxylation is 3. The van der Waals surface area contributed by atoms with Crippen molar-refractivity contribution >= 4 is 51.8 Å². The third-order valence-corrected chi connectivity index (χ3v) is 10.8. The number of allylic oxidation sites excluding steroid dienone is 1. The first-order valence-electron chi connectivity index (χ1n) is 15.7. The lowest BCUT2D eigenvalue weighted by Crippen LogP contribution is -2.45. The normalized spacial score (nSPS) is 17.9. The molecule has 1 saturated heterocycles. The van der Waals surface area contributed by atoms with Crippen LogP contribution in [0.15, 0.2) is 81.1 Å². The molecule has 0 radical (unpaired) electrons. The highest BCUT2D eigenvalue weighted by Gasteiger charge is 2.34. The third kappa shape index (κ3) is 8.84. The van der Waals surface area contributed by atoms with E-state index in [9.17, 15) is 14.4 Å². The van der Waals surface area contributed by atoms with Gasteiger partial charge in [-0.05, 0) is 97.3 Å². The van der Waals surface area contributed by atoms with Crippen LogP contribution in [0.25, 0.3) is 17.0 Å². The van der Waals surface area contributed by atoms with Gasteiger partial charge < -0.3 is 14.2 Å². The number of carbonyl (C=O) groups is 2. The summed E-state index contributed by atoms with van der Waals surface area (Å²) in [5.41, 5.74) is 5.73. The van der Waals surface area contributed by atoms with Crippen molar-refractivity contribution in [3.8, 4) is 0 Å². The van der Waals surface area contributed by atoms with Crippen molar-refractivity contribution in [3.05, 3.63) is 105 Å². The molecule has 4 aromatic rings. The number of ether oxygens (including phenoxy) is 1. The van der Waals surface area contributed by atoms with E-state index in [0.717, 1.165) is 66.7 Å². The molecule has 1 aliphatic carbocycles. The Morgan fingerprint density at radius 3 is 2.60 bits per heavy atom. The summed E-state index contributed by atoms with van der Waals surface area (Å²) >= 11 is 3.65. The van der Waals surface area contributed by atoms with Crippen LogP contribution in [0.4, 0.5) is 0 Å². The topological polar surface area (TPSA) is 68.6 Å². The smallest absolute Gasteiger partial charge is 0.310 e. The number of hydrogen-bond donors (Lipinski definition) is 0. The molecule has 1 aliphatic heterocycles. The Kier molecular flexibility index (Phi) is 11.5. The largest absolute Gasteiger partial charge is 0.469 e.